The molecule has 1 aliphatic rings. The number of ether oxygens (including phenoxy) is 3. The smallest absolute Gasteiger partial charge is 0.343 e. The number of methoxy groups -OCH3 is 2. The van der Waals surface area contributed by atoms with Gasteiger partial charge in [-0.2, -0.15) is 0 Å². The summed E-state index contributed by atoms with van der Waals surface area (Å²) in [5, 5.41) is -0.273. The zero-order chi connectivity index (χ0) is 19.1. The molecule has 7 nitrogen and oxygen atoms in total. The Hall–Kier alpha value is -1.59. The first-order valence-corrected chi connectivity index (χ1v) is 9.59. The van der Waals surface area contributed by atoms with Crippen molar-refractivity contribution in [2.75, 3.05) is 34.0 Å². The van der Waals surface area contributed by atoms with Crippen molar-refractivity contribution in [3.8, 4) is 5.75 Å². The quantitative estimate of drug-likeness (QED) is 0.240. The summed E-state index contributed by atoms with van der Waals surface area (Å²) >= 11 is 3.00. The number of nitrogens with zero attached hydrogens (tertiary/aromatic N) is 1. The zero-order valence-corrected chi connectivity index (χ0v) is 17.3. The summed E-state index contributed by atoms with van der Waals surface area (Å²) in [5.41, 5.74) is 0.766. The minimum Gasteiger partial charge on any atom is -0.481 e. The number of hydrogen-bond donors (Lipinski definition) is 0. The first-order chi connectivity index (χ1) is 12.5. The largest absolute Gasteiger partial charge is 0.481 e. The van der Waals surface area contributed by atoms with Gasteiger partial charge in [0.2, 0.25) is 0 Å². The molecule has 1 heterocycles. The molecule has 2 rings (SSSR count). The van der Waals surface area contributed by atoms with Crippen LogP contribution in [0.25, 0.3) is 6.08 Å². The van der Waals surface area contributed by atoms with Crippen LogP contribution in [0, 0.1) is 3.57 Å². The number of rotatable bonds is 8. The monoisotopic (exact) mass is 491 g/mol. The maximum absolute atomic E-state index is 12.4. The standard InChI is InChI=1S/C17H18INO6S/c1-23-7-3-6-19-16(21)14(26-17(19)22)9-11-4-5-13(12(18)8-11)25-10-15(20)24-2/h4-5,8-9H,3,6-7,10H2,1-2H3/b14-9+. The van der Waals surface area contributed by atoms with E-state index in [1.807, 2.05) is 6.07 Å². The van der Waals surface area contributed by atoms with Gasteiger partial charge in [-0.1, -0.05) is 6.07 Å². The van der Waals surface area contributed by atoms with Crippen molar-refractivity contribution in [2.45, 2.75) is 6.42 Å². The number of benzene rings is 1. The molecule has 1 aromatic carbocycles. The molecule has 140 valence electrons. The third-order valence-corrected chi connectivity index (χ3v) is 5.18. The summed E-state index contributed by atoms with van der Waals surface area (Å²) in [6.45, 7) is 0.659. The van der Waals surface area contributed by atoms with Gasteiger partial charge in [0.1, 0.15) is 5.75 Å². The van der Waals surface area contributed by atoms with Crippen LogP contribution in [0.5, 0.6) is 5.75 Å². The number of imide groups is 1. The highest BCUT2D eigenvalue weighted by atomic mass is 127. The van der Waals surface area contributed by atoms with Gasteiger partial charge in [0.05, 0.1) is 15.6 Å². The van der Waals surface area contributed by atoms with E-state index < -0.39 is 5.97 Å². The molecule has 1 aromatic rings. The fourth-order valence-electron chi connectivity index (χ4n) is 2.13. The molecule has 0 unspecified atom stereocenters. The van der Waals surface area contributed by atoms with E-state index in [2.05, 4.69) is 27.3 Å². The Morgan fingerprint density at radius 3 is 2.73 bits per heavy atom. The van der Waals surface area contributed by atoms with E-state index in [9.17, 15) is 14.4 Å². The van der Waals surface area contributed by atoms with Gasteiger partial charge < -0.3 is 14.2 Å². The second-order valence-electron chi connectivity index (χ2n) is 5.23. The van der Waals surface area contributed by atoms with E-state index in [1.165, 1.54) is 12.0 Å². The summed E-state index contributed by atoms with van der Waals surface area (Å²) in [5.74, 6) is -0.218. The molecular weight excluding hydrogens is 473 g/mol. The van der Waals surface area contributed by atoms with Crippen molar-refractivity contribution in [3.05, 3.63) is 32.2 Å². The van der Waals surface area contributed by atoms with Crippen LogP contribution >= 0.6 is 34.4 Å². The van der Waals surface area contributed by atoms with E-state index in [0.717, 1.165) is 20.9 Å². The highest BCUT2D eigenvalue weighted by Gasteiger charge is 2.34. The first kappa shape index (κ1) is 20.7. The summed E-state index contributed by atoms with van der Waals surface area (Å²) in [6.07, 6.45) is 2.28. The van der Waals surface area contributed by atoms with E-state index >= 15 is 0 Å². The fraction of sp³-hybridized carbons (Fsp3) is 0.353. The molecule has 1 aliphatic heterocycles. The van der Waals surface area contributed by atoms with Crippen LogP contribution in [0.1, 0.15) is 12.0 Å². The Balaban J connectivity index is 2.07. The molecule has 0 bridgehead atoms. The normalized spacial score (nSPS) is 15.7. The van der Waals surface area contributed by atoms with Gasteiger partial charge in [-0.3, -0.25) is 14.5 Å². The average Bonchev–Trinajstić information content (AvgIpc) is 2.88. The van der Waals surface area contributed by atoms with Gasteiger partial charge in [0, 0.05) is 20.3 Å². The van der Waals surface area contributed by atoms with Crippen molar-refractivity contribution in [1.82, 2.24) is 4.90 Å². The molecule has 2 amide bonds. The number of hydrogen-bond acceptors (Lipinski definition) is 7. The average molecular weight is 491 g/mol. The number of carbonyl (C=O) groups excluding carboxylic acids is 3. The van der Waals surface area contributed by atoms with Crippen LogP contribution < -0.4 is 4.74 Å². The summed E-state index contributed by atoms with van der Waals surface area (Å²) in [6, 6.07) is 5.28. The van der Waals surface area contributed by atoms with Crippen LogP contribution in [0.15, 0.2) is 23.1 Å². The van der Waals surface area contributed by atoms with Crippen molar-refractivity contribution >= 4 is 57.5 Å². The Kier molecular flexibility index (Phi) is 7.91. The number of thioether (sulfide) groups is 1. The van der Waals surface area contributed by atoms with Crippen molar-refractivity contribution in [2.24, 2.45) is 0 Å². The van der Waals surface area contributed by atoms with E-state index in [-0.39, 0.29) is 17.8 Å². The molecule has 1 saturated heterocycles. The van der Waals surface area contributed by atoms with Crippen molar-refractivity contribution in [1.29, 1.82) is 0 Å². The Bertz CT molecular complexity index is 736. The van der Waals surface area contributed by atoms with Gasteiger partial charge in [-0.25, -0.2) is 4.79 Å². The molecule has 0 atom stereocenters. The lowest BCUT2D eigenvalue weighted by molar-refractivity contribution is -0.142. The maximum atomic E-state index is 12.4. The molecule has 0 aromatic heterocycles. The molecular formula is C17H18INO6S. The van der Waals surface area contributed by atoms with E-state index in [0.29, 0.717) is 30.2 Å². The maximum Gasteiger partial charge on any atom is 0.343 e. The lowest BCUT2D eigenvalue weighted by atomic mass is 10.2. The molecule has 0 saturated carbocycles. The van der Waals surface area contributed by atoms with Crippen molar-refractivity contribution < 1.29 is 28.6 Å². The highest BCUT2D eigenvalue weighted by Crippen LogP contribution is 2.33. The molecule has 9 heteroatoms. The number of amides is 2. The summed E-state index contributed by atoms with van der Waals surface area (Å²) in [4.78, 5) is 37.1. The number of halogens is 1. The SMILES string of the molecule is COCCCN1C(=O)S/C(=C/c2ccc(OCC(=O)OC)c(I)c2)C1=O. The summed E-state index contributed by atoms with van der Waals surface area (Å²) in [7, 11) is 2.87. The predicted molar refractivity (Wildman–Crippen MR) is 106 cm³/mol. The zero-order valence-electron chi connectivity index (χ0n) is 14.3. The third-order valence-electron chi connectivity index (χ3n) is 3.43. The molecule has 26 heavy (non-hydrogen) atoms. The second kappa shape index (κ2) is 9.93. The predicted octanol–water partition coefficient (Wildman–Crippen LogP) is 2.92. The van der Waals surface area contributed by atoms with E-state index in [1.54, 1.807) is 25.3 Å². The summed E-state index contributed by atoms with van der Waals surface area (Å²) < 4.78 is 15.6. The third kappa shape index (κ3) is 5.45. The fourth-order valence-corrected chi connectivity index (χ4v) is 3.69. The van der Waals surface area contributed by atoms with Gasteiger partial charge in [0.15, 0.2) is 6.61 Å². The molecule has 0 radical (unpaired) electrons. The first-order valence-electron chi connectivity index (χ1n) is 7.69. The minimum atomic E-state index is -0.466. The van der Waals surface area contributed by atoms with Crippen LogP contribution in [0.3, 0.4) is 0 Å². The Morgan fingerprint density at radius 1 is 1.31 bits per heavy atom. The van der Waals surface area contributed by atoms with Crippen LogP contribution in [-0.2, 0) is 19.1 Å². The Labute approximate surface area is 169 Å². The van der Waals surface area contributed by atoms with E-state index in [4.69, 9.17) is 9.47 Å². The lowest BCUT2D eigenvalue weighted by Crippen LogP contribution is -2.29. The number of esters is 1. The van der Waals surface area contributed by atoms with Crippen LogP contribution in [0.2, 0.25) is 0 Å². The topological polar surface area (TPSA) is 82.1 Å². The molecule has 1 fully saturated rings. The molecule has 0 spiro atoms. The van der Waals surface area contributed by atoms with Gasteiger partial charge in [-0.05, 0) is 64.5 Å². The van der Waals surface area contributed by atoms with Gasteiger partial charge >= 0.3 is 5.97 Å². The van der Waals surface area contributed by atoms with Crippen LogP contribution in [0.4, 0.5) is 4.79 Å². The Morgan fingerprint density at radius 2 is 2.08 bits per heavy atom. The van der Waals surface area contributed by atoms with Gasteiger partial charge in [-0.15, -0.1) is 0 Å². The lowest BCUT2D eigenvalue weighted by Gasteiger charge is -2.11. The van der Waals surface area contributed by atoms with Crippen LogP contribution in [-0.4, -0.2) is 56.0 Å². The highest BCUT2D eigenvalue weighted by molar-refractivity contribution is 14.1. The second-order valence-corrected chi connectivity index (χ2v) is 7.39. The van der Waals surface area contributed by atoms with Crippen molar-refractivity contribution in [3.63, 3.8) is 0 Å². The number of carbonyl (C=O) groups is 3. The van der Waals surface area contributed by atoms with Gasteiger partial charge in [0.25, 0.3) is 11.1 Å². The minimum absolute atomic E-state index is 0.174. The molecule has 0 N–H and O–H groups in total. The molecule has 0 aliphatic carbocycles.